The summed E-state index contributed by atoms with van der Waals surface area (Å²) in [5, 5.41) is 14.8. The topological polar surface area (TPSA) is 126 Å². The first-order valence-corrected chi connectivity index (χ1v) is 12.1. The summed E-state index contributed by atoms with van der Waals surface area (Å²) in [4.78, 5) is 38.0. The molecule has 0 radical (unpaired) electrons. The monoisotopic (exact) mass is 522 g/mol. The number of nitrogens with zero attached hydrogens (tertiary/aromatic N) is 1. The van der Waals surface area contributed by atoms with Crippen LogP contribution in [0, 0.1) is 10.1 Å². The van der Waals surface area contributed by atoms with Crippen molar-refractivity contribution in [2.24, 2.45) is 0 Å². The molecule has 1 heterocycles. The first-order chi connectivity index (χ1) is 18.3. The Morgan fingerprint density at radius 1 is 1.03 bits per heavy atom. The molecule has 2 aliphatic rings. The fourth-order valence-corrected chi connectivity index (χ4v) is 5.10. The standard InChI is InChI=1S/C28H30N2O8/c1-16-25(28(32)38-11-10-35-2)26(18-6-5-7-20(12-18)30(33)34)27-21(29-16)13-19(14-22(27)31)17-8-9-23(36-3)24(15-17)37-4/h5-9,12,15,19,26,29H,10-11,13-14H2,1-4H3/t19-,26+/m0/s1. The van der Waals surface area contributed by atoms with Crippen LogP contribution in [0.1, 0.15) is 42.7 Å². The van der Waals surface area contributed by atoms with Crippen molar-refractivity contribution in [2.45, 2.75) is 31.6 Å². The van der Waals surface area contributed by atoms with Gasteiger partial charge in [-0.05, 0) is 42.5 Å². The van der Waals surface area contributed by atoms with Gasteiger partial charge in [-0.3, -0.25) is 14.9 Å². The maximum Gasteiger partial charge on any atom is 0.336 e. The molecule has 0 amide bonds. The van der Waals surface area contributed by atoms with E-state index in [1.165, 1.54) is 19.2 Å². The summed E-state index contributed by atoms with van der Waals surface area (Å²) in [5.74, 6) is -0.535. The van der Waals surface area contributed by atoms with Gasteiger partial charge in [-0.2, -0.15) is 0 Å². The summed E-state index contributed by atoms with van der Waals surface area (Å²) in [7, 11) is 4.62. The van der Waals surface area contributed by atoms with E-state index in [-0.39, 0.29) is 42.6 Å². The highest BCUT2D eigenvalue weighted by molar-refractivity contribution is 6.04. The lowest BCUT2D eigenvalue weighted by Crippen LogP contribution is -2.36. The van der Waals surface area contributed by atoms with Crippen LogP contribution in [0.4, 0.5) is 5.69 Å². The second-order valence-electron chi connectivity index (χ2n) is 9.11. The number of benzene rings is 2. The van der Waals surface area contributed by atoms with Crippen molar-refractivity contribution < 1.29 is 33.5 Å². The number of rotatable bonds is 9. The van der Waals surface area contributed by atoms with Crippen LogP contribution in [-0.2, 0) is 19.1 Å². The van der Waals surface area contributed by atoms with Crippen LogP contribution in [-0.4, -0.2) is 51.2 Å². The third-order valence-electron chi connectivity index (χ3n) is 6.86. The Bertz CT molecular complexity index is 1330. The molecule has 1 aliphatic carbocycles. The van der Waals surface area contributed by atoms with Gasteiger partial charge in [0.1, 0.15) is 6.61 Å². The molecule has 0 unspecified atom stereocenters. The lowest BCUT2D eigenvalue weighted by Gasteiger charge is -2.36. The van der Waals surface area contributed by atoms with E-state index in [0.717, 1.165) is 5.56 Å². The lowest BCUT2D eigenvalue weighted by atomic mass is 9.71. The number of carbonyl (C=O) groups is 2. The van der Waals surface area contributed by atoms with Crippen LogP contribution in [0.3, 0.4) is 0 Å². The zero-order chi connectivity index (χ0) is 27.4. The first-order valence-electron chi connectivity index (χ1n) is 12.1. The molecule has 4 rings (SSSR count). The summed E-state index contributed by atoms with van der Waals surface area (Å²) in [6, 6.07) is 11.6. The highest BCUT2D eigenvalue weighted by atomic mass is 16.6. The van der Waals surface area contributed by atoms with E-state index in [4.69, 9.17) is 18.9 Å². The smallest absolute Gasteiger partial charge is 0.336 e. The van der Waals surface area contributed by atoms with E-state index in [1.54, 1.807) is 33.3 Å². The number of allylic oxidation sites excluding steroid dienone is 3. The molecule has 2 atom stereocenters. The van der Waals surface area contributed by atoms with E-state index >= 15 is 0 Å². The highest BCUT2D eigenvalue weighted by Gasteiger charge is 2.42. The number of nitro groups is 1. The van der Waals surface area contributed by atoms with Gasteiger partial charge in [-0.25, -0.2) is 4.79 Å². The second kappa shape index (κ2) is 11.5. The molecule has 0 spiro atoms. The maximum absolute atomic E-state index is 13.7. The summed E-state index contributed by atoms with van der Waals surface area (Å²) >= 11 is 0. The minimum absolute atomic E-state index is 0.0367. The normalized spacial score (nSPS) is 19.0. The molecular formula is C28H30N2O8. The maximum atomic E-state index is 13.7. The third-order valence-corrected chi connectivity index (χ3v) is 6.86. The van der Waals surface area contributed by atoms with E-state index in [1.807, 2.05) is 18.2 Å². The summed E-state index contributed by atoms with van der Waals surface area (Å²) in [6.45, 7) is 1.99. The summed E-state index contributed by atoms with van der Waals surface area (Å²) in [6.07, 6.45) is 0.706. The van der Waals surface area contributed by atoms with Crippen molar-refractivity contribution in [1.82, 2.24) is 5.32 Å². The molecule has 2 aromatic rings. The Kier molecular flexibility index (Phi) is 8.11. The minimum atomic E-state index is -0.806. The number of ketones is 1. The molecule has 0 aromatic heterocycles. The molecule has 0 saturated carbocycles. The molecule has 10 nitrogen and oxygen atoms in total. The van der Waals surface area contributed by atoms with E-state index in [9.17, 15) is 19.7 Å². The van der Waals surface area contributed by atoms with E-state index in [2.05, 4.69) is 5.32 Å². The van der Waals surface area contributed by atoms with Crippen LogP contribution in [0.25, 0.3) is 0 Å². The van der Waals surface area contributed by atoms with Gasteiger partial charge in [-0.1, -0.05) is 18.2 Å². The molecule has 38 heavy (non-hydrogen) atoms. The number of nitro benzene ring substituents is 1. The molecular weight excluding hydrogens is 492 g/mol. The Balaban J connectivity index is 1.77. The van der Waals surface area contributed by atoms with E-state index < -0.39 is 16.8 Å². The number of carbonyl (C=O) groups excluding carboxylic acids is 2. The predicted octanol–water partition coefficient (Wildman–Crippen LogP) is 4.16. The van der Waals surface area contributed by atoms with Crippen LogP contribution in [0.15, 0.2) is 65.0 Å². The van der Waals surface area contributed by atoms with Gasteiger partial charge in [0, 0.05) is 48.5 Å². The zero-order valence-electron chi connectivity index (χ0n) is 21.7. The van der Waals surface area contributed by atoms with Crippen molar-refractivity contribution in [2.75, 3.05) is 34.5 Å². The number of esters is 1. The highest BCUT2D eigenvalue weighted by Crippen LogP contribution is 2.46. The molecule has 1 aliphatic heterocycles. The van der Waals surface area contributed by atoms with Crippen LogP contribution in [0.5, 0.6) is 11.5 Å². The number of ether oxygens (including phenoxy) is 4. The number of hydrogen-bond acceptors (Lipinski definition) is 9. The Morgan fingerprint density at radius 2 is 1.79 bits per heavy atom. The Hall–Kier alpha value is -4.18. The quantitative estimate of drug-likeness (QED) is 0.223. The van der Waals surface area contributed by atoms with Crippen molar-refractivity contribution >= 4 is 17.4 Å². The average Bonchev–Trinajstić information content (AvgIpc) is 2.91. The molecule has 10 heteroatoms. The summed E-state index contributed by atoms with van der Waals surface area (Å²) < 4.78 is 21.2. The number of hydrogen-bond donors (Lipinski definition) is 1. The molecule has 2 aromatic carbocycles. The van der Waals surface area contributed by atoms with Gasteiger partial charge in [0.15, 0.2) is 17.3 Å². The first kappa shape index (κ1) is 26.9. The van der Waals surface area contributed by atoms with E-state index in [0.29, 0.717) is 40.5 Å². The molecule has 1 N–H and O–H groups in total. The van der Waals surface area contributed by atoms with Crippen molar-refractivity contribution in [3.05, 3.63) is 86.2 Å². The Morgan fingerprint density at radius 3 is 2.47 bits per heavy atom. The van der Waals surface area contributed by atoms with Gasteiger partial charge in [0.05, 0.1) is 31.3 Å². The van der Waals surface area contributed by atoms with Gasteiger partial charge >= 0.3 is 5.97 Å². The average molecular weight is 523 g/mol. The van der Waals surface area contributed by atoms with Gasteiger partial charge in [0.2, 0.25) is 0 Å². The van der Waals surface area contributed by atoms with Gasteiger partial charge in [0.25, 0.3) is 5.69 Å². The lowest BCUT2D eigenvalue weighted by molar-refractivity contribution is -0.384. The van der Waals surface area contributed by atoms with Crippen molar-refractivity contribution in [3.8, 4) is 11.5 Å². The number of nitrogens with one attached hydrogen (secondary N) is 1. The third kappa shape index (κ3) is 5.26. The largest absolute Gasteiger partial charge is 0.493 e. The van der Waals surface area contributed by atoms with Crippen molar-refractivity contribution in [3.63, 3.8) is 0 Å². The van der Waals surface area contributed by atoms with Crippen LogP contribution < -0.4 is 14.8 Å². The number of dihydropyridines is 1. The molecule has 0 bridgehead atoms. The molecule has 0 saturated heterocycles. The number of non-ortho nitro benzene ring substituents is 1. The second-order valence-corrected chi connectivity index (χ2v) is 9.11. The number of Topliss-reactive ketones (excluding diaryl/α,β-unsaturated/α-hetero) is 1. The molecule has 0 fully saturated rings. The summed E-state index contributed by atoms with van der Waals surface area (Å²) in [5.41, 5.74) is 3.16. The van der Waals surface area contributed by atoms with Crippen LogP contribution in [0.2, 0.25) is 0 Å². The fraction of sp³-hybridized carbons (Fsp3) is 0.357. The molecule has 200 valence electrons. The van der Waals surface area contributed by atoms with Gasteiger partial charge in [-0.15, -0.1) is 0 Å². The van der Waals surface area contributed by atoms with Gasteiger partial charge < -0.3 is 24.3 Å². The fourth-order valence-electron chi connectivity index (χ4n) is 5.10. The minimum Gasteiger partial charge on any atom is -0.493 e. The Labute approximate surface area is 220 Å². The zero-order valence-corrected chi connectivity index (χ0v) is 21.7. The SMILES string of the molecule is COCCOC(=O)C1=C(C)NC2=C(C(=O)C[C@@H](c3ccc(OC)c(OC)c3)C2)[C@@H]1c1cccc([N+](=O)[O-])c1. The predicted molar refractivity (Wildman–Crippen MR) is 138 cm³/mol. The van der Waals surface area contributed by atoms with Crippen molar-refractivity contribution in [1.29, 1.82) is 0 Å². The number of methoxy groups -OCH3 is 3. The van der Waals surface area contributed by atoms with Crippen LogP contribution >= 0.6 is 0 Å².